The molecule has 1 amide bonds. The number of nitrogens with one attached hydrogen (secondary N) is 1. The Morgan fingerprint density at radius 1 is 1.25 bits per heavy atom. The Morgan fingerprint density at radius 3 is 2.50 bits per heavy atom. The molecule has 1 aliphatic rings. The van der Waals surface area contributed by atoms with E-state index in [0.29, 0.717) is 29.3 Å². The molecular weight excluding hydrogens is 304 g/mol. The van der Waals surface area contributed by atoms with E-state index in [2.05, 4.69) is 23.9 Å². The van der Waals surface area contributed by atoms with Crippen molar-refractivity contribution in [3.05, 3.63) is 27.2 Å². The topological polar surface area (TPSA) is 71.0 Å². The van der Waals surface area contributed by atoms with Gasteiger partial charge in [0.1, 0.15) is 0 Å². The summed E-state index contributed by atoms with van der Waals surface area (Å²) < 4.78 is 1.43. The van der Waals surface area contributed by atoms with Gasteiger partial charge < -0.3 is 4.90 Å². The van der Waals surface area contributed by atoms with Crippen LogP contribution in [0.2, 0.25) is 0 Å². The van der Waals surface area contributed by atoms with Crippen molar-refractivity contribution in [2.75, 3.05) is 13.1 Å². The Labute approximate surface area is 141 Å². The number of carbonyl (C=O) groups is 1. The van der Waals surface area contributed by atoms with Gasteiger partial charge in [0.25, 0.3) is 5.56 Å². The highest BCUT2D eigenvalue weighted by Crippen LogP contribution is 2.24. The van der Waals surface area contributed by atoms with E-state index in [1.165, 1.54) is 11.1 Å². The van der Waals surface area contributed by atoms with Crippen LogP contribution in [0.25, 0.3) is 11.0 Å². The summed E-state index contributed by atoms with van der Waals surface area (Å²) in [5.74, 6) is 1.21. The van der Waals surface area contributed by atoms with Gasteiger partial charge in [-0.2, -0.15) is 0 Å². The third kappa shape index (κ3) is 2.85. The van der Waals surface area contributed by atoms with Crippen LogP contribution >= 0.6 is 0 Å². The second kappa shape index (κ2) is 6.07. The summed E-state index contributed by atoms with van der Waals surface area (Å²) in [5.41, 5.74) is 3.06. The number of nitrogens with zero attached hydrogens (tertiary/aromatic N) is 3. The molecule has 2 aromatic heterocycles. The molecule has 0 bridgehead atoms. The molecule has 2 atom stereocenters. The van der Waals surface area contributed by atoms with Crippen molar-refractivity contribution in [3.63, 3.8) is 0 Å². The van der Waals surface area contributed by atoms with Crippen LogP contribution in [0.3, 0.4) is 0 Å². The fourth-order valence-corrected chi connectivity index (χ4v) is 4.00. The highest BCUT2D eigenvalue weighted by Gasteiger charge is 2.26. The molecule has 3 rings (SSSR count). The van der Waals surface area contributed by atoms with Crippen molar-refractivity contribution >= 4 is 16.9 Å². The Balaban J connectivity index is 1.93. The van der Waals surface area contributed by atoms with Gasteiger partial charge in [-0.05, 0) is 43.2 Å². The van der Waals surface area contributed by atoms with E-state index in [0.717, 1.165) is 29.9 Å². The SMILES string of the molecule is Cc1nc2[nH]n(C)c(=O)c2c(C)c1CC(=O)N1C[C@H](C)C[C@@H](C)C1. The van der Waals surface area contributed by atoms with Crippen LogP contribution in [0.1, 0.15) is 37.1 Å². The van der Waals surface area contributed by atoms with E-state index in [4.69, 9.17) is 0 Å². The van der Waals surface area contributed by atoms with Gasteiger partial charge >= 0.3 is 0 Å². The zero-order valence-corrected chi connectivity index (χ0v) is 15.1. The van der Waals surface area contributed by atoms with Crippen LogP contribution in [-0.4, -0.2) is 38.7 Å². The van der Waals surface area contributed by atoms with Crippen molar-refractivity contribution in [3.8, 4) is 0 Å². The normalized spacial score (nSPS) is 21.5. The highest BCUT2D eigenvalue weighted by atomic mass is 16.2. The summed E-state index contributed by atoms with van der Waals surface area (Å²) in [6.45, 7) is 9.86. The number of carbonyl (C=O) groups excluding carboxylic acids is 1. The molecule has 0 unspecified atom stereocenters. The molecular formula is C18H26N4O2. The average molecular weight is 330 g/mol. The number of rotatable bonds is 2. The van der Waals surface area contributed by atoms with Crippen LogP contribution in [0.5, 0.6) is 0 Å². The number of aryl methyl sites for hydroxylation is 3. The number of hydrogen-bond acceptors (Lipinski definition) is 3. The van der Waals surface area contributed by atoms with Gasteiger partial charge in [0.2, 0.25) is 5.91 Å². The molecule has 6 heteroatoms. The molecule has 0 aromatic carbocycles. The molecule has 130 valence electrons. The van der Waals surface area contributed by atoms with E-state index in [9.17, 15) is 9.59 Å². The summed E-state index contributed by atoms with van der Waals surface area (Å²) in [5, 5.41) is 3.55. The fraction of sp³-hybridized carbons (Fsp3) is 0.611. The molecule has 0 aliphatic carbocycles. The minimum absolute atomic E-state index is 0.0936. The Kier molecular flexibility index (Phi) is 4.24. The van der Waals surface area contributed by atoms with Crippen LogP contribution in [0.4, 0.5) is 0 Å². The van der Waals surface area contributed by atoms with Gasteiger partial charge in [-0.3, -0.25) is 19.4 Å². The molecule has 2 aromatic rings. The first kappa shape index (κ1) is 16.7. The zero-order valence-electron chi connectivity index (χ0n) is 15.1. The molecule has 24 heavy (non-hydrogen) atoms. The number of amides is 1. The summed E-state index contributed by atoms with van der Waals surface area (Å²) in [4.78, 5) is 31.5. The van der Waals surface area contributed by atoms with Crippen LogP contribution < -0.4 is 5.56 Å². The summed E-state index contributed by atoms with van der Waals surface area (Å²) >= 11 is 0. The maximum absolute atomic E-state index is 12.8. The fourth-order valence-electron chi connectivity index (χ4n) is 4.00. The monoisotopic (exact) mass is 330 g/mol. The maximum atomic E-state index is 12.8. The van der Waals surface area contributed by atoms with Crippen molar-refractivity contribution in [2.24, 2.45) is 18.9 Å². The molecule has 0 radical (unpaired) electrons. The molecule has 0 spiro atoms. The van der Waals surface area contributed by atoms with Crippen LogP contribution in [0.15, 0.2) is 4.79 Å². The molecule has 3 heterocycles. The molecule has 1 fully saturated rings. The lowest BCUT2D eigenvalue weighted by atomic mass is 9.91. The molecule has 1 aliphatic heterocycles. The standard InChI is InChI=1S/C18H26N4O2/c1-10-6-11(2)9-22(8-10)15(23)7-14-12(3)16-17(19-13(14)4)20-21(5)18(16)24/h10-11H,6-9H2,1-5H3,(H,19,20)/t10-,11-/m1/s1. The van der Waals surface area contributed by atoms with Crippen molar-refractivity contribution in [2.45, 2.75) is 40.5 Å². The first-order valence-electron chi connectivity index (χ1n) is 8.60. The van der Waals surface area contributed by atoms with Gasteiger partial charge in [-0.1, -0.05) is 13.8 Å². The number of hydrogen-bond donors (Lipinski definition) is 1. The van der Waals surface area contributed by atoms with Crippen LogP contribution in [0, 0.1) is 25.7 Å². The third-order valence-corrected chi connectivity index (χ3v) is 5.12. The highest BCUT2D eigenvalue weighted by molar-refractivity contribution is 5.84. The number of likely N-dealkylation sites (tertiary alicyclic amines) is 1. The predicted molar refractivity (Wildman–Crippen MR) is 94.0 cm³/mol. The second-order valence-electron chi connectivity index (χ2n) is 7.42. The Bertz CT molecular complexity index is 839. The van der Waals surface area contributed by atoms with E-state index < -0.39 is 0 Å². The Hall–Kier alpha value is -2.11. The summed E-state index contributed by atoms with van der Waals surface area (Å²) in [6, 6.07) is 0. The van der Waals surface area contributed by atoms with Crippen molar-refractivity contribution < 1.29 is 4.79 Å². The van der Waals surface area contributed by atoms with Gasteiger partial charge in [-0.15, -0.1) is 0 Å². The zero-order chi connectivity index (χ0) is 17.6. The Morgan fingerprint density at radius 2 is 1.88 bits per heavy atom. The number of piperidine rings is 1. The minimum atomic E-state index is -0.0936. The van der Waals surface area contributed by atoms with Gasteiger partial charge in [0, 0.05) is 25.8 Å². The lowest BCUT2D eigenvalue weighted by Gasteiger charge is -2.35. The summed E-state index contributed by atoms with van der Waals surface area (Å²) in [7, 11) is 1.68. The lowest BCUT2D eigenvalue weighted by molar-refractivity contribution is -0.133. The van der Waals surface area contributed by atoms with E-state index in [1.807, 2.05) is 18.7 Å². The molecule has 1 saturated heterocycles. The number of aromatic nitrogens is 3. The molecule has 1 N–H and O–H groups in total. The number of aromatic amines is 1. The molecule has 0 saturated carbocycles. The third-order valence-electron chi connectivity index (χ3n) is 5.12. The largest absolute Gasteiger partial charge is 0.342 e. The molecule has 6 nitrogen and oxygen atoms in total. The number of H-pyrrole nitrogens is 1. The number of fused-ring (bicyclic) bond motifs is 1. The smallest absolute Gasteiger partial charge is 0.276 e. The van der Waals surface area contributed by atoms with E-state index in [-0.39, 0.29) is 11.5 Å². The van der Waals surface area contributed by atoms with E-state index in [1.54, 1.807) is 7.05 Å². The average Bonchev–Trinajstić information content (AvgIpc) is 2.77. The van der Waals surface area contributed by atoms with Crippen LogP contribution in [-0.2, 0) is 18.3 Å². The minimum Gasteiger partial charge on any atom is -0.342 e. The first-order chi connectivity index (χ1) is 11.3. The van der Waals surface area contributed by atoms with Gasteiger partial charge in [0.15, 0.2) is 5.65 Å². The number of pyridine rings is 1. The second-order valence-corrected chi connectivity index (χ2v) is 7.42. The maximum Gasteiger partial charge on any atom is 0.276 e. The van der Waals surface area contributed by atoms with Crippen molar-refractivity contribution in [1.82, 2.24) is 19.7 Å². The van der Waals surface area contributed by atoms with E-state index >= 15 is 0 Å². The van der Waals surface area contributed by atoms with Gasteiger partial charge in [-0.25, -0.2) is 4.98 Å². The predicted octanol–water partition coefficient (Wildman–Crippen LogP) is 1.93. The quantitative estimate of drug-likeness (QED) is 0.914. The first-order valence-corrected chi connectivity index (χ1v) is 8.60. The van der Waals surface area contributed by atoms with Crippen molar-refractivity contribution in [1.29, 1.82) is 0 Å². The van der Waals surface area contributed by atoms with Gasteiger partial charge in [0.05, 0.1) is 11.8 Å². The summed E-state index contributed by atoms with van der Waals surface area (Å²) in [6.07, 6.45) is 1.49. The lowest BCUT2D eigenvalue weighted by Crippen LogP contribution is -2.43.